The minimum Gasteiger partial charge on any atom is -0.344 e. The van der Waals surface area contributed by atoms with E-state index in [4.69, 9.17) is 6.42 Å². The standard InChI is InChI=1S/C9H12N2O/c1-3-8-7-4-6(10-8)5-11(2)9(7)12/h1,6-8,10H,4-5H2,2H3. The molecule has 2 rings (SSSR count). The second kappa shape index (κ2) is 2.49. The van der Waals surface area contributed by atoms with Crippen molar-refractivity contribution in [2.24, 2.45) is 5.92 Å². The number of likely N-dealkylation sites (tertiary alicyclic amines) is 1. The number of likely N-dealkylation sites (N-methyl/N-ethyl adjacent to an activating group) is 1. The number of nitrogens with zero attached hydrogens (tertiary/aromatic N) is 1. The average Bonchev–Trinajstić information content (AvgIpc) is 2.41. The maximum absolute atomic E-state index is 11.5. The minimum atomic E-state index is -0.0348. The number of piperidine rings is 1. The summed E-state index contributed by atoms with van der Waals surface area (Å²) in [7, 11) is 1.84. The Hall–Kier alpha value is -1.01. The Morgan fingerprint density at radius 2 is 2.50 bits per heavy atom. The maximum atomic E-state index is 11.5. The van der Waals surface area contributed by atoms with Crippen molar-refractivity contribution < 1.29 is 4.79 Å². The number of carbonyl (C=O) groups excluding carboxylic acids is 1. The first-order chi connectivity index (χ1) is 5.72. The van der Waals surface area contributed by atoms with Gasteiger partial charge in [-0.15, -0.1) is 6.42 Å². The van der Waals surface area contributed by atoms with Gasteiger partial charge in [-0.25, -0.2) is 0 Å². The SMILES string of the molecule is C#CC1NC2CC1C(=O)N(C)C2. The molecular weight excluding hydrogens is 152 g/mol. The van der Waals surface area contributed by atoms with Crippen molar-refractivity contribution in [3.8, 4) is 12.3 Å². The van der Waals surface area contributed by atoms with Gasteiger partial charge in [-0.3, -0.25) is 10.1 Å². The molecular formula is C9H12N2O. The molecule has 0 aromatic carbocycles. The molecule has 2 fully saturated rings. The molecule has 0 radical (unpaired) electrons. The van der Waals surface area contributed by atoms with E-state index in [0.717, 1.165) is 13.0 Å². The third-order valence-electron chi connectivity index (χ3n) is 2.72. The van der Waals surface area contributed by atoms with Gasteiger partial charge in [0.25, 0.3) is 0 Å². The summed E-state index contributed by atoms with van der Waals surface area (Å²) in [5.41, 5.74) is 0. The van der Waals surface area contributed by atoms with Gasteiger partial charge in [0.2, 0.25) is 5.91 Å². The van der Waals surface area contributed by atoms with Gasteiger partial charge in [0.15, 0.2) is 0 Å². The molecule has 64 valence electrons. The molecule has 1 amide bonds. The van der Waals surface area contributed by atoms with Crippen molar-refractivity contribution in [2.45, 2.75) is 18.5 Å². The smallest absolute Gasteiger partial charge is 0.228 e. The lowest BCUT2D eigenvalue weighted by molar-refractivity contribution is -0.135. The van der Waals surface area contributed by atoms with E-state index in [9.17, 15) is 4.79 Å². The molecule has 2 saturated heterocycles. The number of fused-ring (bicyclic) bond motifs is 2. The van der Waals surface area contributed by atoms with E-state index in [2.05, 4.69) is 11.2 Å². The lowest BCUT2D eigenvalue weighted by Crippen LogP contribution is -2.42. The normalized spacial score (nSPS) is 39.8. The zero-order valence-electron chi connectivity index (χ0n) is 7.08. The highest BCUT2D eigenvalue weighted by Gasteiger charge is 2.43. The molecule has 0 aromatic rings. The molecule has 2 aliphatic rings. The summed E-state index contributed by atoms with van der Waals surface area (Å²) >= 11 is 0. The fourth-order valence-corrected chi connectivity index (χ4v) is 2.12. The number of amides is 1. The summed E-state index contributed by atoms with van der Waals surface area (Å²) in [6.45, 7) is 0.799. The van der Waals surface area contributed by atoms with Gasteiger partial charge in [0.05, 0.1) is 12.0 Å². The zero-order chi connectivity index (χ0) is 8.72. The van der Waals surface area contributed by atoms with Crippen LogP contribution in [-0.4, -0.2) is 36.5 Å². The van der Waals surface area contributed by atoms with E-state index in [0.29, 0.717) is 6.04 Å². The molecule has 2 heterocycles. The largest absolute Gasteiger partial charge is 0.344 e. The summed E-state index contributed by atoms with van der Waals surface area (Å²) in [6, 6.07) is 0.381. The van der Waals surface area contributed by atoms with Crippen molar-refractivity contribution in [3.63, 3.8) is 0 Å². The lowest BCUT2D eigenvalue weighted by Gasteiger charge is -2.27. The highest BCUT2D eigenvalue weighted by molar-refractivity contribution is 5.81. The lowest BCUT2D eigenvalue weighted by atomic mass is 9.95. The number of terminal acetylenes is 1. The molecule has 0 aromatic heterocycles. The van der Waals surface area contributed by atoms with Crippen LogP contribution in [0.3, 0.4) is 0 Å². The molecule has 3 heteroatoms. The minimum absolute atomic E-state index is 0.0266. The van der Waals surface area contributed by atoms with E-state index in [1.807, 2.05) is 7.05 Å². The molecule has 3 nitrogen and oxygen atoms in total. The maximum Gasteiger partial charge on any atom is 0.228 e. The van der Waals surface area contributed by atoms with E-state index >= 15 is 0 Å². The molecule has 0 saturated carbocycles. The van der Waals surface area contributed by atoms with Crippen LogP contribution < -0.4 is 5.32 Å². The molecule has 0 aliphatic carbocycles. The van der Waals surface area contributed by atoms with Crippen LogP contribution in [0.2, 0.25) is 0 Å². The van der Waals surface area contributed by atoms with Gasteiger partial charge in [-0.1, -0.05) is 5.92 Å². The van der Waals surface area contributed by atoms with Crippen molar-refractivity contribution in [1.82, 2.24) is 10.2 Å². The second-order valence-electron chi connectivity index (χ2n) is 3.57. The van der Waals surface area contributed by atoms with Crippen LogP contribution in [0.4, 0.5) is 0 Å². The molecule has 0 spiro atoms. The van der Waals surface area contributed by atoms with Crippen LogP contribution >= 0.6 is 0 Å². The number of hydrogen-bond donors (Lipinski definition) is 1. The van der Waals surface area contributed by atoms with Crippen LogP contribution in [0.25, 0.3) is 0 Å². The Morgan fingerprint density at radius 1 is 1.75 bits per heavy atom. The predicted octanol–water partition coefficient (Wildman–Crippen LogP) is -0.562. The fourth-order valence-electron chi connectivity index (χ4n) is 2.12. The summed E-state index contributed by atoms with van der Waals surface area (Å²) < 4.78 is 0. The summed E-state index contributed by atoms with van der Waals surface area (Å²) in [5, 5.41) is 3.26. The third kappa shape index (κ3) is 0.919. The third-order valence-corrected chi connectivity index (χ3v) is 2.72. The van der Waals surface area contributed by atoms with E-state index in [-0.39, 0.29) is 17.9 Å². The Labute approximate surface area is 72.1 Å². The van der Waals surface area contributed by atoms with Gasteiger partial charge < -0.3 is 4.90 Å². The van der Waals surface area contributed by atoms with Crippen LogP contribution in [0.1, 0.15) is 6.42 Å². The van der Waals surface area contributed by atoms with Crippen LogP contribution in [0.5, 0.6) is 0 Å². The van der Waals surface area contributed by atoms with Gasteiger partial charge in [-0.05, 0) is 6.42 Å². The number of hydrogen-bond acceptors (Lipinski definition) is 2. The zero-order valence-corrected chi connectivity index (χ0v) is 7.08. The molecule has 3 atom stereocenters. The van der Waals surface area contributed by atoms with E-state index in [1.54, 1.807) is 4.90 Å². The van der Waals surface area contributed by atoms with Crippen LogP contribution in [-0.2, 0) is 4.79 Å². The van der Waals surface area contributed by atoms with E-state index in [1.165, 1.54) is 0 Å². The molecule has 2 aliphatic heterocycles. The molecule has 3 unspecified atom stereocenters. The highest BCUT2D eigenvalue weighted by Crippen LogP contribution is 2.27. The van der Waals surface area contributed by atoms with Crippen molar-refractivity contribution in [3.05, 3.63) is 0 Å². The quantitative estimate of drug-likeness (QED) is 0.487. The van der Waals surface area contributed by atoms with Gasteiger partial charge in [0.1, 0.15) is 0 Å². The predicted molar refractivity (Wildman–Crippen MR) is 45.3 cm³/mol. The Balaban J connectivity index is 2.23. The summed E-state index contributed by atoms with van der Waals surface area (Å²) in [5.74, 6) is 2.85. The second-order valence-corrected chi connectivity index (χ2v) is 3.57. The first kappa shape index (κ1) is 7.63. The van der Waals surface area contributed by atoms with Gasteiger partial charge in [0, 0.05) is 19.6 Å². The Kier molecular flexibility index (Phi) is 1.59. The van der Waals surface area contributed by atoms with E-state index < -0.39 is 0 Å². The molecule has 2 bridgehead atoms. The van der Waals surface area contributed by atoms with Crippen LogP contribution in [0, 0.1) is 18.3 Å². The molecule has 1 N–H and O–H groups in total. The highest BCUT2D eigenvalue weighted by atomic mass is 16.2. The van der Waals surface area contributed by atoms with Gasteiger partial charge in [-0.2, -0.15) is 0 Å². The Morgan fingerprint density at radius 3 is 3.17 bits per heavy atom. The fraction of sp³-hybridized carbons (Fsp3) is 0.667. The number of nitrogens with one attached hydrogen (secondary N) is 1. The number of rotatable bonds is 0. The van der Waals surface area contributed by atoms with Crippen molar-refractivity contribution in [1.29, 1.82) is 0 Å². The first-order valence-corrected chi connectivity index (χ1v) is 4.19. The Bertz CT molecular complexity index is 256. The van der Waals surface area contributed by atoms with Crippen LogP contribution in [0.15, 0.2) is 0 Å². The molecule has 12 heavy (non-hydrogen) atoms. The summed E-state index contributed by atoms with van der Waals surface area (Å²) in [6.07, 6.45) is 6.23. The van der Waals surface area contributed by atoms with Crippen molar-refractivity contribution in [2.75, 3.05) is 13.6 Å². The number of carbonyl (C=O) groups is 1. The monoisotopic (exact) mass is 164 g/mol. The average molecular weight is 164 g/mol. The van der Waals surface area contributed by atoms with Crippen molar-refractivity contribution >= 4 is 5.91 Å². The van der Waals surface area contributed by atoms with Gasteiger partial charge >= 0.3 is 0 Å². The topological polar surface area (TPSA) is 32.3 Å². The first-order valence-electron chi connectivity index (χ1n) is 4.19. The summed E-state index contributed by atoms with van der Waals surface area (Å²) in [4.78, 5) is 13.3.